The first kappa shape index (κ1) is 14.8. The van der Waals surface area contributed by atoms with Crippen LogP contribution in [0.1, 0.15) is 54.4 Å². The lowest BCUT2D eigenvalue weighted by Crippen LogP contribution is -2.64. The predicted octanol–water partition coefficient (Wildman–Crippen LogP) is 2.23. The van der Waals surface area contributed by atoms with Crippen LogP contribution >= 0.6 is 0 Å². The third-order valence-electron chi connectivity index (χ3n) is 4.17. The van der Waals surface area contributed by atoms with E-state index in [9.17, 15) is 4.79 Å². The molecule has 0 aromatic carbocycles. The summed E-state index contributed by atoms with van der Waals surface area (Å²) in [7, 11) is 0. The highest BCUT2D eigenvalue weighted by molar-refractivity contribution is 5.80. The normalized spacial score (nSPS) is 30.4. The van der Waals surface area contributed by atoms with Gasteiger partial charge >= 0.3 is 0 Å². The maximum absolute atomic E-state index is 12.2. The third-order valence-corrected chi connectivity index (χ3v) is 4.17. The van der Waals surface area contributed by atoms with Crippen molar-refractivity contribution in [2.24, 2.45) is 0 Å². The first-order chi connectivity index (χ1) is 8.56. The zero-order valence-electron chi connectivity index (χ0n) is 13.2. The van der Waals surface area contributed by atoms with Crippen LogP contribution in [0, 0.1) is 0 Å². The lowest BCUT2D eigenvalue weighted by atomic mass is 9.91. The Labute approximate surface area is 117 Å². The van der Waals surface area contributed by atoms with Crippen molar-refractivity contribution in [3.05, 3.63) is 0 Å². The van der Waals surface area contributed by atoms with Gasteiger partial charge < -0.3 is 9.64 Å². The molecule has 2 heterocycles. The van der Waals surface area contributed by atoms with Crippen LogP contribution in [0.25, 0.3) is 0 Å². The van der Waals surface area contributed by atoms with Crippen LogP contribution in [0.15, 0.2) is 0 Å². The van der Waals surface area contributed by atoms with E-state index in [2.05, 4.69) is 46.4 Å². The summed E-state index contributed by atoms with van der Waals surface area (Å²) < 4.78 is 5.99. The van der Waals surface area contributed by atoms with E-state index in [-0.39, 0.29) is 23.6 Å². The Morgan fingerprint density at radius 1 is 1.11 bits per heavy atom. The van der Waals surface area contributed by atoms with Gasteiger partial charge in [0.2, 0.25) is 0 Å². The van der Waals surface area contributed by atoms with Crippen molar-refractivity contribution in [3.63, 3.8) is 0 Å². The summed E-state index contributed by atoms with van der Waals surface area (Å²) in [4.78, 5) is 16.7. The topological polar surface area (TPSA) is 32.8 Å². The lowest BCUT2D eigenvalue weighted by molar-refractivity contribution is -0.169. The number of likely N-dealkylation sites (tertiary alicyclic amines) is 1. The molecule has 4 nitrogen and oxygen atoms in total. The molecule has 1 atom stereocenters. The molecule has 1 unspecified atom stereocenters. The fourth-order valence-corrected chi connectivity index (χ4v) is 3.41. The summed E-state index contributed by atoms with van der Waals surface area (Å²) >= 11 is 0. The van der Waals surface area contributed by atoms with Crippen molar-refractivity contribution < 1.29 is 9.53 Å². The summed E-state index contributed by atoms with van der Waals surface area (Å²) in [5.74, 6) is 0.128. The lowest BCUT2D eigenvalue weighted by Gasteiger charge is -2.52. The maximum atomic E-state index is 12.2. The SMILES string of the molecule is CC(C)(C)N1CCCC2(C1)OCC(=O)N2C(C)(C)C. The van der Waals surface area contributed by atoms with Crippen molar-refractivity contribution >= 4 is 5.91 Å². The van der Waals surface area contributed by atoms with E-state index in [0.717, 1.165) is 25.9 Å². The van der Waals surface area contributed by atoms with Crippen molar-refractivity contribution in [2.45, 2.75) is 71.2 Å². The van der Waals surface area contributed by atoms with Gasteiger partial charge in [-0.2, -0.15) is 0 Å². The fourth-order valence-electron chi connectivity index (χ4n) is 3.41. The van der Waals surface area contributed by atoms with Crippen LogP contribution in [0.5, 0.6) is 0 Å². The van der Waals surface area contributed by atoms with Gasteiger partial charge in [-0.1, -0.05) is 0 Å². The van der Waals surface area contributed by atoms with Gasteiger partial charge in [-0.25, -0.2) is 0 Å². The number of rotatable bonds is 0. The molecule has 0 aliphatic carbocycles. The Morgan fingerprint density at radius 2 is 1.74 bits per heavy atom. The molecule has 2 fully saturated rings. The minimum absolute atomic E-state index is 0.117. The first-order valence-corrected chi connectivity index (χ1v) is 7.28. The molecule has 19 heavy (non-hydrogen) atoms. The van der Waals surface area contributed by atoms with E-state index in [1.807, 2.05) is 4.90 Å². The summed E-state index contributed by atoms with van der Waals surface area (Å²) in [6.45, 7) is 15.1. The van der Waals surface area contributed by atoms with Crippen LogP contribution in [0.3, 0.4) is 0 Å². The molecular weight excluding hydrogens is 240 g/mol. The number of hydrogen-bond donors (Lipinski definition) is 0. The monoisotopic (exact) mass is 268 g/mol. The molecule has 110 valence electrons. The highest BCUT2D eigenvalue weighted by Gasteiger charge is 2.53. The summed E-state index contributed by atoms with van der Waals surface area (Å²) in [5, 5.41) is 0. The smallest absolute Gasteiger partial charge is 0.251 e. The molecule has 0 N–H and O–H groups in total. The number of nitrogens with zero attached hydrogens (tertiary/aromatic N) is 2. The summed E-state index contributed by atoms with van der Waals surface area (Å²) in [6.07, 6.45) is 2.03. The molecule has 0 radical (unpaired) electrons. The molecule has 0 aromatic heterocycles. The van der Waals surface area contributed by atoms with Crippen molar-refractivity contribution in [2.75, 3.05) is 19.7 Å². The number of ether oxygens (including phenoxy) is 1. The zero-order valence-corrected chi connectivity index (χ0v) is 13.2. The molecule has 1 spiro atoms. The minimum atomic E-state index is -0.416. The average Bonchev–Trinajstić information content (AvgIpc) is 2.54. The number of hydrogen-bond acceptors (Lipinski definition) is 3. The van der Waals surface area contributed by atoms with Crippen LogP contribution in [-0.4, -0.2) is 52.2 Å². The van der Waals surface area contributed by atoms with Gasteiger partial charge in [-0.15, -0.1) is 0 Å². The van der Waals surface area contributed by atoms with Crippen LogP contribution in [0.4, 0.5) is 0 Å². The molecule has 1 amide bonds. The number of carbonyl (C=O) groups excluding carboxylic acids is 1. The first-order valence-electron chi connectivity index (χ1n) is 7.28. The van der Waals surface area contributed by atoms with Gasteiger partial charge in [-0.3, -0.25) is 9.69 Å². The average molecular weight is 268 g/mol. The zero-order chi connectivity index (χ0) is 14.5. The standard InChI is InChI=1S/C15H28N2O2/c1-13(2,3)16-9-7-8-15(11-16)17(14(4,5)6)12(18)10-19-15/h7-11H2,1-6H3. The molecule has 2 rings (SSSR count). The van der Waals surface area contributed by atoms with Crippen molar-refractivity contribution in [1.29, 1.82) is 0 Å². The van der Waals surface area contributed by atoms with E-state index in [0.29, 0.717) is 0 Å². The van der Waals surface area contributed by atoms with E-state index in [1.165, 1.54) is 0 Å². The number of piperidine rings is 1. The predicted molar refractivity (Wildman–Crippen MR) is 75.8 cm³/mol. The fraction of sp³-hybridized carbons (Fsp3) is 0.933. The third kappa shape index (κ3) is 2.65. The van der Waals surface area contributed by atoms with Crippen LogP contribution < -0.4 is 0 Å². The second-order valence-corrected chi connectivity index (χ2v) is 7.83. The Balaban J connectivity index is 2.29. The van der Waals surface area contributed by atoms with E-state index in [4.69, 9.17) is 4.74 Å². The van der Waals surface area contributed by atoms with Crippen molar-refractivity contribution in [3.8, 4) is 0 Å². The number of carbonyl (C=O) groups is 1. The minimum Gasteiger partial charge on any atom is -0.344 e. The summed E-state index contributed by atoms with van der Waals surface area (Å²) in [6, 6.07) is 0. The van der Waals surface area contributed by atoms with Gasteiger partial charge in [-0.05, 0) is 60.9 Å². The second-order valence-electron chi connectivity index (χ2n) is 7.83. The van der Waals surface area contributed by atoms with Crippen LogP contribution in [-0.2, 0) is 9.53 Å². The molecular formula is C15H28N2O2. The van der Waals surface area contributed by atoms with Gasteiger partial charge in [0.25, 0.3) is 5.91 Å². The van der Waals surface area contributed by atoms with Gasteiger partial charge in [0.15, 0.2) is 5.72 Å². The highest BCUT2D eigenvalue weighted by Crippen LogP contribution is 2.39. The van der Waals surface area contributed by atoms with E-state index < -0.39 is 5.72 Å². The molecule has 2 saturated heterocycles. The van der Waals surface area contributed by atoms with Gasteiger partial charge in [0.1, 0.15) is 6.61 Å². The molecule has 2 aliphatic rings. The molecule has 0 bridgehead atoms. The molecule has 0 aromatic rings. The quantitative estimate of drug-likeness (QED) is 0.675. The van der Waals surface area contributed by atoms with Crippen LogP contribution in [0.2, 0.25) is 0 Å². The Morgan fingerprint density at radius 3 is 2.26 bits per heavy atom. The van der Waals surface area contributed by atoms with Gasteiger partial charge in [0, 0.05) is 17.6 Å². The largest absolute Gasteiger partial charge is 0.344 e. The Kier molecular flexibility index (Phi) is 3.47. The van der Waals surface area contributed by atoms with E-state index >= 15 is 0 Å². The number of amides is 1. The molecule has 2 aliphatic heterocycles. The van der Waals surface area contributed by atoms with E-state index in [1.54, 1.807) is 0 Å². The highest BCUT2D eigenvalue weighted by atomic mass is 16.5. The molecule has 0 saturated carbocycles. The second kappa shape index (κ2) is 4.45. The van der Waals surface area contributed by atoms with Crippen molar-refractivity contribution in [1.82, 2.24) is 9.80 Å². The van der Waals surface area contributed by atoms with Gasteiger partial charge in [0.05, 0.1) is 0 Å². The molecule has 4 heteroatoms. The Bertz CT molecular complexity index is 367. The Hall–Kier alpha value is -0.610. The maximum Gasteiger partial charge on any atom is 0.251 e. The summed E-state index contributed by atoms with van der Waals surface area (Å²) in [5.41, 5.74) is -0.485.